The first kappa shape index (κ1) is 14.1. The molecule has 2 rings (SSSR count). The van der Waals surface area contributed by atoms with Gasteiger partial charge in [-0.25, -0.2) is 0 Å². The third-order valence-corrected chi connectivity index (χ3v) is 3.61. The highest BCUT2D eigenvalue weighted by Crippen LogP contribution is 2.29. The van der Waals surface area contributed by atoms with Gasteiger partial charge in [-0.15, -0.1) is 0 Å². The number of carbonyl (C=O) groups is 2. The number of carboxylic acids is 1. The van der Waals surface area contributed by atoms with Crippen LogP contribution in [-0.4, -0.2) is 29.1 Å². The van der Waals surface area contributed by atoms with Crippen LogP contribution in [0.25, 0.3) is 0 Å². The summed E-state index contributed by atoms with van der Waals surface area (Å²) in [5, 5.41) is 18.7. The van der Waals surface area contributed by atoms with Crippen molar-refractivity contribution in [2.75, 3.05) is 11.9 Å². The van der Waals surface area contributed by atoms with Crippen molar-refractivity contribution in [1.29, 1.82) is 0 Å². The second-order valence-electron chi connectivity index (χ2n) is 4.91. The fourth-order valence-corrected chi connectivity index (χ4v) is 2.44. The molecule has 0 heterocycles. The van der Waals surface area contributed by atoms with Crippen LogP contribution in [0.3, 0.4) is 0 Å². The zero-order valence-corrected chi connectivity index (χ0v) is 11.2. The highest BCUT2D eigenvalue weighted by molar-refractivity contribution is 5.97. The predicted molar refractivity (Wildman–Crippen MR) is 74.5 cm³/mol. The highest BCUT2D eigenvalue weighted by Gasteiger charge is 2.35. The molecule has 106 valence electrons. The molecule has 1 aromatic rings. The van der Waals surface area contributed by atoms with E-state index in [-0.39, 0.29) is 11.7 Å². The summed E-state index contributed by atoms with van der Waals surface area (Å²) >= 11 is 0. The summed E-state index contributed by atoms with van der Waals surface area (Å²) in [6.07, 6.45) is 4.45. The van der Waals surface area contributed by atoms with Gasteiger partial charge in [0.25, 0.3) is 0 Å². The molecule has 1 aliphatic carbocycles. The Kier molecular flexibility index (Phi) is 4.08. The number of aliphatic carboxylic acids is 1. The van der Waals surface area contributed by atoms with E-state index in [9.17, 15) is 19.8 Å². The molecule has 20 heavy (non-hydrogen) atoms. The number of hydrogen-bond acceptors (Lipinski definition) is 3. The van der Waals surface area contributed by atoms with E-state index in [1.54, 1.807) is 25.3 Å². The number of phenolic OH excluding ortho intramolecular Hbond substituents is 1. The molecule has 1 aliphatic rings. The quantitative estimate of drug-likeness (QED) is 0.827. The Balaban J connectivity index is 2.21. The van der Waals surface area contributed by atoms with Gasteiger partial charge in [-0.05, 0) is 25.0 Å². The number of carbonyl (C=O) groups excluding carboxylic acids is 1. The fraction of sp³-hybridized carbons (Fsp3) is 0.333. The monoisotopic (exact) mass is 275 g/mol. The lowest BCUT2D eigenvalue weighted by Gasteiger charge is -2.28. The van der Waals surface area contributed by atoms with Crippen LogP contribution >= 0.6 is 0 Å². The Morgan fingerprint density at radius 2 is 1.85 bits per heavy atom. The number of amides is 1. The lowest BCUT2D eigenvalue weighted by atomic mass is 9.82. The highest BCUT2D eigenvalue weighted by atomic mass is 16.4. The number of anilines is 1. The topological polar surface area (TPSA) is 77.8 Å². The van der Waals surface area contributed by atoms with E-state index in [4.69, 9.17) is 0 Å². The average Bonchev–Trinajstić information content (AvgIpc) is 2.45. The third-order valence-electron chi connectivity index (χ3n) is 3.61. The molecule has 0 saturated carbocycles. The molecule has 0 fully saturated rings. The van der Waals surface area contributed by atoms with E-state index in [0.29, 0.717) is 18.5 Å². The van der Waals surface area contributed by atoms with Crippen LogP contribution in [0.1, 0.15) is 12.8 Å². The first-order chi connectivity index (χ1) is 9.50. The molecule has 0 aromatic heterocycles. The Bertz CT molecular complexity index is 553. The fourth-order valence-electron chi connectivity index (χ4n) is 2.44. The Morgan fingerprint density at radius 3 is 2.45 bits per heavy atom. The van der Waals surface area contributed by atoms with E-state index < -0.39 is 17.8 Å². The third kappa shape index (κ3) is 2.82. The predicted octanol–water partition coefficient (Wildman–Crippen LogP) is 2.02. The maximum absolute atomic E-state index is 12.5. The minimum Gasteiger partial charge on any atom is -0.508 e. The van der Waals surface area contributed by atoms with Crippen molar-refractivity contribution < 1.29 is 19.8 Å². The minimum absolute atomic E-state index is 0.0699. The average molecular weight is 275 g/mol. The lowest BCUT2D eigenvalue weighted by Crippen LogP contribution is -2.40. The van der Waals surface area contributed by atoms with Crippen molar-refractivity contribution in [1.82, 2.24) is 0 Å². The Morgan fingerprint density at radius 1 is 1.20 bits per heavy atom. The number of allylic oxidation sites excluding steroid dienone is 2. The van der Waals surface area contributed by atoms with Gasteiger partial charge in [0.05, 0.1) is 11.8 Å². The maximum Gasteiger partial charge on any atom is 0.307 e. The number of nitrogens with zero attached hydrogens (tertiary/aromatic N) is 1. The summed E-state index contributed by atoms with van der Waals surface area (Å²) < 4.78 is 0. The molecule has 0 radical (unpaired) electrons. The molecule has 2 atom stereocenters. The lowest BCUT2D eigenvalue weighted by molar-refractivity contribution is -0.146. The van der Waals surface area contributed by atoms with Crippen LogP contribution < -0.4 is 4.90 Å². The van der Waals surface area contributed by atoms with Crippen molar-refractivity contribution in [2.24, 2.45) is 11.8 Å². The summed E-state index contributed by atoms with van der Waals surface area (Å²) in [7, 11) is 1.59. The van der Waals surface area contributed by atoms with Gasteiger partial charge in [-0.1, -0.05) is 18.2 Å². The van der Waals surface area contributed by atoms with E-state index >= 15 is 0 Å². The summed E-state index contributed by atoms with van der Waals surface area (Å²) in [5.41, 5.74) is 0.550. The van der Waals surface area contributed by atoms with Crippen LogP contribution in [0.15, 0.2) is 36.4 Å². The molecule has 0 aliphatic heterocycles. The smallest absolute Gasteiger partial charge is 0.307 e. The van der Waals surface area contributed by atoms with Crippen LogP contribution in [0.4, 0.5) is 5.69 Å². The zero-order chi connectivity index (χ0) is 14.7. The van der Waals surface area contributed by atoms with Crippen molar-refractivity contribution in [3.63, 3.8) is 0 Å². The van der Waals surface area contributed by atoms with Crippen LogP contribution in [0, 0.1) is 11.8 Å². The molecule has 5 heteroatoms. The normalized spacial score (nSPS) is 21.4. The second kappa shape index (κ2) is 5.77. The summed E-state index contributed by atoms with van der Waals surface area (Å²) in [5.74, 6) is -2.37. The van der Waals surface area contributed by atoms with Gasteiger partial charge in [0.1, 0.15) is 5.75 Å². The second-order valence-corrected chi connectivity index (χ2v) is 4.91. The summed E-state index contributed by atoms with van der Waals surface area (Å²) in [4.78, 5) is 25.1. The minimum atomic E-state index is -0.947. The zero-order valence-electron chi connectivity index (χ0n) is 11.2. The largest absolute Gasteiger partial charge is 0.508 e. The molecular weight excluding hydrogens is 258 g/mol. The van der Waals surface area contributed by atoms with E-state index in [1.165, 1.54) is 17.0 Å². The Hall–Kier alpha value is -2.30. The van der Waals surface area contributed by atoms with Gasteiger partial charge in [-0.2, -0.15) is 0 Å². The SMILES string of the molecule is CN(C(=O)C1CC=CCC1C(=O)O)c1cccc(O)c1. The molecule has 0 bridgehead atoms. The molecule has 2 N–H and O–H groups in total. The number of phenols is 1. The first-order valence-corrected chi connectivity index (χ1v) is 6.45. The molecule has 1 aromatic carbocycles. The van der Waals surface area contributed by atoms with Crippen LogP contribution in [0.5, 0.6) is 5.75 Å². The van der Waals surface area contributed by atoms with Gasteiger partial charge < -0.3 is 15.1 Å². The van der Waals surface area contributed by atoms with Gasteiger partial charge in [0.2, 0.25) is 5.91 Å². The number of aromatic hydroxyl groups is 1. The Labute approximate surface area is 117 Å². The first-order valence-electron chi connectivity index (χ1n) is 6.45. The van der Waals surface area contributed by atoms with Crippen molar-refractivity contribution in [3.05, 3.63) is 36.4 Å². The standard InChI is InChI=1S/C15H17NO4/c1-16(10-5-4-6-11(17)9-10)14(18)12-7-2-3-8-13(12)15(19)20/h2-6,9,12-13,17H,7-8H2,1H3,(H,19,20). The maximum atomic E-state index is 12.5. The molecule has 0 spiro atoms. The molecular formula is C15H17NO4. The van der Waals surface area contributed by atoms with E-state index in [2.05, 4.69) is 0 Å². The van der Waals surface area contributed by atoms with Gasteiger partial charge in [0.15, 0.2) is 0 Å². The van der Waals surface area contributed by atoms with E-state index in [0.717, 1.165) is 0 Å². The molecule has 2 unspecified atom stereocenters. The number of rotatable bonds is 3. The van der Waals surface area contributed by atoms with Crippen molar-refractivity contribution >= 4 is 17.6 Å². The summed E-state index contributed by atoms with van der Waals surface area (Å²) in [6.45, 7) is 0. The molecule has 5 nitrogen and oxygen atoms in total. The van der Waals surface area contributed by atoms with Crippen LogP contribution in [0.2, 0.25) is 0 Å². The van der Waals surface area contributed by atoms with Gasteiger partial charge in [-0.3, -0.25) is 9.59 Å². The van der Waals surface area contributed by atoms with E-state index in [1.807, 2.05) is 6.08 Å². The van der Waals surface area contributed by atoms with Crippen molar-refractivity contribution in [3.8, 4) is 5.75 Å². The number of benzene rings is 1. The molecule has 1 amide bonds. The summed E-state index contributed by atoms with van der Waals surface area (Å²) in [6, 6.07) is 6.34. The number of carboxylic acid groups (broad SMARTS) is 1. The van der Waals surface area contributed by atoms with Crippen molar-refractivity contribution in [2.45, 2.75) is 12.8 Å². The van der Waals surface area contributed by atoms with Crippen LogP contribution in [-0.2, 0) is 9.59 Å². The molecule has 0 saturated heterocycles. The van der Waals surface area contributed by atoms with Gasteiger partial charge >= 0.3 is 5.97 Å². The van der Waals surface area contributed by atoms with Gasteiger partial charge in [0, 0.05) is 18.8 Å². The number of hydrogen-bond donors (Lipinski definition) is 2.